The first-order valence-electron chi connectivity index (χ1n) is 7.31. The Morgan fingerprint density at radius 2 is 1.70 bits per heavy atom. The fourth-order valence-corrected chi connectivity index (χ4v) is 2.64. The first-order valence-corrected chi connectivity index (χ1v) is 8.51. The van der Waals surface area contributed by atoms with Gasteiger partial charge in [-0.3, -0.25) is 4.79 Å². The molecule has 1 rings (SSSR count). The molecule has 0 amide bonds. The molecule has 0 bridgehead atoms. The molecule has 1 atom stereocenters. The summed E-state index contributed by atoms with van der Waals surface area (Å²) in [5.41, 5.74) is 11.5. The molecular formula is C13H29N2O4P. The summed E-state index contributed by atoms with van der Waals surface area (Å²) in [4.78, 5) is 34.0. The van der Waals surface area contributed by atoms with E-state index in [2.05, 4.69) is 6.92 Å². The van der Waals surface area contributed by atoms with E-state index in [1.165, 1.54) is 19.3 Å². The highest BCUT2D eigenvalue weighted by Gasteiger charge is 2.30. The van der Waals surface area contributed by atoms with Crippen molar-refractivity contribution in [2.24, 2.45) is 23.3 Å². The summed E-state index contributed by atoms with van der Waals surface area (Å²) in [5.74, 6) is 0.469. The molecule has 0 aromatic heterocycles. The molecule has 120 valence electrons. The first kappa shape index (κ1) is 19.9. The van der Waals surface area contributed by atoms with Crippen LogP contribution >= 0.6 is 8.60 Å². The molecule has 1 unspecified atom stereocenters. The molecule has 0 aromatic rings. The van der Waals surface area contributed by atoms with Gasteiger partial charge >= 0.3 is 8.60 Å². The van der Waals surface area contributed by atoms with Crippen molar-refractivity contribution >= 4 is 14.4 Å². The third-order valence-electron chi connectivity index (χ3n) is 3.71. The van der Waals surface area contributed by atoms with Gasteiger partial charge < -0.3 is 26.1 Å². The second kappa shape index (κ2) is 11.5. The molecule has 0 spiro atoms. The zero-order chi connectivity index (χ0) is 15.5. The second-order valence-corrected chi connectivity index (χ2v) is 5.87. The molecule has 0 radical (unpaired) electrons. The summed E-state index contributed by atoms with van der Waals surface area (Å²) in [5, 5.41) is 0. The molecule has 1 saturated carbocycles. The van der Waals surface area contributed by atoms with Gasteiger partial charge in [0.25, 0.3) is 0 Å². The van der Waals surface area contributed by atoms with Crippen LogP contribution in [0.3, 0.4) is 0 Å². The van der Waals surface area contributed by atoms with E-state index in [1.54, 1.807) is 0 Å². The Hall–Kier alpha value is -0.1000. The van der Waals surface area contributed by atoms with Gasteiger partial charge in [-0.05, 0) is 19.3 Å². The average molecular weight is 308 g/mol. The lowest BCUT2D eigenvalue weighted by Crippen LogP contribution is -2.45. The van der Waals surface area contributed by atoms with E-state index in [9.17, 15) is 4.79 Å². The normalized spacial score (nSPS) is 17.8. The zero-order valence-corrected chi connectivity index (χ0v) is 13.1. The van der Waals surface area contributed by atoms with Crippen LogP contribution in [0.25, 0.3) is 0 Å². The van der Waals surface area contributed by atoms with E-state index in [4.69, 9.17) is 26.1 Å². The van der Waals surface area contributed by atoms with Gasteiger partial charge in [-0.2, -0.15) is 0 Å². The van der Waals surface area contributed by atoms with Crippen LogP contribution in [0.15, 0.2) is 0 Å². The zero-order valence-electron chi connectivity index (χ0n) is 12.2. The maximum absolute atomic E-state index is 12.3. The van der Waals surface area contributed by atoms with Gasteiger partial charge in [-0.1, -0.05) is 39.0 Å². The summed E-state index contributed by atoms with van der Waals surface area (Å²) < 4.78 is 0. The first-order chi connectivity index (χ1) is 9.40. The monoisotopic (exact) mass is 308 g/mol. The molecule has 7 N–H and O–H groups in total. The van der Waals surface area contributed by atoms with Crippen molar-refractivity contribution in [2.75, 3.05) is 0 Å². The number of carbonyl (C=O) groups excluding carboxylic acids is 1. The standard InChI is InChI=1S/C13H26N2O.H3O3P/c1-2-3-9-11(13(14)15)12(16)10-7-5-4-6-8-10;1-4(2)3/h10-11,13H,2-9,14-15H2,1H3;1-3H. The molecule has 1 fully saturated rings. The molecule has 1 aliphatic rings. The van der Waals surface area contributed by atoms with Crippen molar-refractivity contribution in [3.8, 4) is 0 Å². The van der Waals surface area contributed by atoms with Crippen LogP contribution in [-0.2, 0) is 4.79 Å². The quantitative estimate of drug-likeness (QED) is 0.372. The predicted molar refractivity (Wildman–Crippen MR) is 80.3 cm³/mol. The van der Waals surface area contributed by atoms with Gasteiger partial charge in [0.05, 0.1) is 6.17 Å². The topological polar surface area (TPSA) is 130 Å². The van der Waals surface area contributed by atoms with Crippen LogP contribution in [0.1, 0.15) is 58.3 Å². The van der Waals surface area contributed by atoms with Crippen LogP contribution in [0.2, 0.25) is 0 Å². The minimum atomic E-state index is -2.62. The van der Waals surface area contributed by atoms with Crippen molar-refractivity contribution in [3.05, 3.63) is 0 Å². The van der Waals surface area contributed by atoms with Crippen LogP contribution < -0.4 is 11.5 Å². The van der Waals surface area contributed by atoms with E-state index >= 15 is 0 Å². The van der Waals surface area contributed by atoms with Crippen molar-refractivity contribution in [2.45, 2.75) is 64.5 Å². The van der Waals surface area contributed by atoms with Crippen LogP contribution in [0.5, 0.6) is 0 Å². The summed E-state index contributed by atoms with van der Waals surface area (Å²) in [6.07, 6.45) is 8.30. The second-order valence-electron chi connectivity index (χ2n) is 5.33. The van der Waals surface area contributed by atoms with Crippen LogP contribution in [-0.4, -0.2) is 26.6 Å². The van der Waals surface area contributed by atoms with Crippen LogP contribution in [0.4, 0.5) is 0 Å². The Kier molecular flexibility index (Phi) is 11.5. The van der Waals surface area contributed by atoms with Gasteiger partial charge in [-0.15, -0.1) is 0 Å². The summed E-state index contributed by atoms with van der Waals surface area (Å²) in [6.45, 7) is 2.13. The number of ketones is 1. The number of hydrogen-bond donors (Lipinski definition) is 5. The summed E-state index contributed by atoms with van der Waals surface area (Å²) >= 11 is 0. The lowest BCUT2D eigenvalue weighted by atomic mass is 9.79. The molecule has 0 aromatic carbocycles. The number of hydrogen-bond acceptors (Lipinski definition) is 6. The Bertz CT molecular complexity index is 256. The Morgan fingerprint density at radius 3 is 2.10 bits per heavy atom. The van der Waals surface area contributed by atoms with Crippen molar-refractivity contribution < 1.29 is 19.5 Å². The van der Waals surface area contributed by atoms with Crippen molar-refractivity contribution in [1.29, 1.82) is 0 Å². The maximum atomic E-state index is 12.3. The van der Waals surface area contributed by atoms with Crippen molar-refractivity contribution in [1.82, 2.24) is 0 Å². The maximum Gasteiger partial charge on any atom is 0.324 e. The van der Waals surface area contributed by atoms with E-state index < -0.39 is 14.8 Å². The van der Waals surface area contributed by atoms with Gasteiger partial charge in [0.15, 0.2) is 0 Å². The largest absolute Gasteiger partial charge is 0.328 e. The Labute approximate surface area is 122 Å². The molecule has 1 aliphatic carbocycles. The minimum absolute atomic E-state index is 0.108. The molecular weight excluding hydrogens is 279 g/mol. The molecule has 0 saturated heterocycles. The highest BCUT2D eigenvalue weighted by Crippen LogP contribution is 2.28. The third-order valence-corrected chi connectivity index (χ3v) is 3.71. The number of nitrogens with two attached hydrogens (primary N) is 2. The van der Waals surface area contributed by atoms with Gasteiger partial charge in [0.2, 0.25) is 0 Å². The smallest absolute Gasteiger partial charge is 0.324 e. The predicted octanol–water partition coefficient (Wildman–Crippen LogP) is 1.38. The Balaban J connectivity index is 0.000000796. The number of unbranched alkanes of at least 4 members (excludes halogenated alkanes) is 1. The van der Waals surface area contributed by atoms with Gasteiger partial charge in [0.1, 0.15) is 5.78 Å². The van der Waals surface area contributed by atoms with Crippen LogP contribution in [0, 0.1) is 11.8 Å². The van der Waals surface area contributed by atoms with Crippen molar-refractivity contribution in [3.63, 3.8) is 0 Å². The highest BCUT2D eigenvalue weighted by atomic mass is 31.2. The number of carbonyl (C=O) groups is 1. The molecule has 6 nitrogen and oxygen atoms in total. The van der Waals surface area contributed by atoms with E-state index in [0.29, 0.717) is 5.78 Å². The van der Waals surface area contributed by atoms with E-state index in [-0.39, 0.29) is 11.8 Å². The summed E-state index contributed by atoms with van der Waals surface area (Å²) in [6, 6.07) is 0. The highest BCUT2D eigenvalue weighted by molar-refractivity contribution is 7.38. The SMILES string of the molecule is CCCCC(C(=O)C1CCCCC1)C(N)N.OP(O)O. The molecule has 0 aliphatic heterocycles. The third kappa shape index (κ3) is 8.95. The molecule has 7 heteroatoms. The Morgan fingerprint density at radius 1 is 1.20 bits per heavy atom. The van der Waals surface area contributed by atoms with E-state index in [0.717, 1.165) is 32.1 Å². The van der Waals surface area contributed by atoms with E-state index in [1.807, 2.05) is 0 Å². The van der Waals surface area contributed by atoms with Gasteiger partial charge in [0, 0.05) is 11.8 Å². The number of Topliss-reactive ketones (excluding diaryl/α,β-unsaturated/α-hetero) is 1. The molecule has 0 heterocycles. The lowest BCUT2D eigenvalue weighted by Gasteiger charge is -2.27. The fourth-order valence-electron chi connectivity index (χ4n) is 2.64. The average Bonchev–Trinajstić information content (AvgIpc) is 2.39. The lowest BCUT2D eigenvalue weighted by molar-refractivity contribution is -0.128. The fraction of sp³-hybridized carbons (Fsp3) is 0.923. The van der Waals surface area contributed by atoms with Gasteiger partial charge in [-0.25, -0.2) is 0 Å². The minimum Gasteiger partial charge on any atom is -0.328 e. The molecule has 20 heavy (non-hydrogen) atoms. The number of rotatable bonds is 6. The summed E-state index contributed by atoms with van der Waals surface area (Å²) in [7, 11) is -2.62.